The molecule has 0 bridgehead atoms. The quantitative estimate of drug-likeness (QED) is 0.464. The van der Waals surface area contributed by atoms with Crippen LogP contribution in [0, 0.1) is 5.82 Å². The number of nitrogens with zero attached hydrogens (tertiary/aromatic N) is 4. The van der Waals surface area contributed by atoms with Crippen LogP contribution < -0.4 is 16.0 Å². The van der Waals surface area contributed by atoms with E-state index in [-0.39, 0.29) is 17.2 Å². The molecule has 8 heteroatoms. The molecule has 0 spiro atoms. The van der Waals surface area contributed by atoms with Gasteiger partial charge in [0.1, 0.15) is 18.2 Å². The third-order valence-electron chi connectivity index (χ3n) is 5.95. The van der Waals surface area contributed by atoms with E-state index in [1.165, 1.54) is 27.6 Å². The first-order valence-electron chi connectivity index (χ1n) is 10.8. The summed E-state index contributed by atoms with van der Waals surface area (Å²) in [5.41, 5.74) is 0.0436. The number of ether oxygens (including phenoxy) is 1. The lowest BCUT2D eigenvalue weighted by molar-refractivity contribution is 0.300. The fraction of sp³-hybridized carbons (Fsp3) is 0.292. The van der Waals surface area contributed by atoms with Crippen molar-refractivity contribution in [3.8, 4) is 11.4 Å². The van der Waals surface area contributed by atoms with E-state index in [1.807, 2.05) is 30.3 Å². The third kappa shape index (κ3) is 3.62. The van der Waals surface area contributed by atoms with Crippen molar-refractivity contribution in [2.24, 2.45) is 0 Å². The van der Waals surface area contributed by atoms with Gasteiger partial charge in [0.15, 0.2) is 11.2 Å². The maximum atomic E-state index is 14.0. The second-order valence-electron chi connectivity index (χ2n) is 7.98. The summed E-state index contributed by atoms with van der Waals surface area (Å²) in [7, 11) is 0. The summed E-state index contributed by atoms with van der Waals surface area (Å²) in [4.78, 5) is 31.3. The predicted molar refractivity (Wildman–Crippen MR) is 119 cm³/mol. The average molecular weight is 434 g/mol. The van der Waals surface area contributed by atoms with Crippen LogP contribution in [0.2, 0.25) is 0 Å². The van der Waals surface area contributed by atoms with E-state index in [0.29, 0.717) is 24.4 Å². The normalized spacial score (nSPS) is 14.3. The first-order valence-corrected chi connectivity index (χ1v) is 10.8. The molecule has 0 unspecified atom stereocenters. The Morgan fingerprint density at radius 3 is 2.56 bits per heavy atom. The van der Waals surface area contributed by atoms with Gasteiger partial charge in [-0.2, -0.15) is 0 Å². The first-order chi connectivity index (χ1) is 15.6. The number of para-hydroxylation sites is 1. The van der Waals surface area contributed by atoms with Gasteiger partial charge >= 0.3 is 5.69 Å². The van der Waals surface area contributed by atoms with Crippen LogP contribution in [-0.4, -0.2) is 25.3 Å². The molecule has 0 amide bonds. The maximum Gasteiger partial charge on any atom is 0.337 e. The molecular formula is C24H23FN4O3. The van der Waals surface area contributed by atoms with Gasteiger partial charge in [-0.15, -0.1) is 0 Å². The molecule has 1 fully saturated rings. The van der Waals surface area contributed by atoms with Crippen LogP contribution in [-0.2, 0) is 6.54 Å². The number of hydrogen-bond acceptors (Lipinski definition) is 4. The number of rotatable bonds is 6. The smallest absolute Gasteiger partial charge is 0.337 e. The summed E-state index contributed by atoms with van der Waals surface area (Å²) in [6.45, 7) is 0.712. The zero-order valence-electron chi connectivity index (χ0n) is 17.5. The zero-order valence-corrected chi connectivity index (χ0v) is 17.5. The second-order valence-corrected chi connectivity index (χ2v) is 7.98. The highest BCUT2D eigenvalue weighted by molar-refractivity contribution is 5.72. The van der Waals surface area contributed by atoms with Crippen molar-refractivity contribution >= 4 is 11.2 Å². The molecular weight excluding hydrogens is 411 g/mol. The van der Waals surface area contributed by atoms with Crippen molar-refractivity contribution < 1.29 is 9.13 Å². The maximum absolute atomic E-state index is 14.0. The molecule has 0 aliphatic heterocycles. The molecule has 2 heterocycles. The molecule has 0 radical (unpaired) electrons. The van der Waals surface area contributed by atoms with Crippen LogP contribution in [0.4, 0.5) is 4.39 Å². The minimum Gasteiger partial charge on any atom is -0.492 e. The Morgan fingerprint density at radius 2 is 1.81 bits per heavy atom. The zero-order chi connectivity index (χ0) is 22.1. The molecule has 1 aliphatic rings. The number of benzene rings is 2. The Labute approximate surface area is 183 Å². The molecule has 1 saturated carbocycles. The van der Waals surface area contributed by atoms with Crippen molar-refractivity contribution in [1.29, 1.82) is 0 Å². The van der Waals surface area contributed by atoms with Gasteiger partial charge in [0, 0.05) is 6.04 Å². The fourth-order valence-electron chi connectivity index (χ4n) is 4.43. The largest absolute Gasteiger partial charge is 0.492 e. The molecule has 32 heavy (non-hydrogen) atoms. The van der Waals surface area contributed by atoms with Gasteiger partial charge in [0.05, 0.1) is 18.6 Å². The summed E-state index contributed by atoms with van der Waals surface area (Å²) in [6.07, 6.45) is 5.02. The van der Waals surface area contributed by atoms with E-state index >= 15 is 0 Å². The average Bonchev–Trinajstić information content (AvgIpc) is 3.46. The van der Waals surface area contributed by atoms with E-state index < -0.39 is 11.5 Å². The fourth-order valence-corrected chi connectivity index (χ4v) is 4.43. The summed E-state index contributed by atoms with van der Waals surface area (Å²) in [5, 5.41) is 0. The van der Waals surface area contributed by atoms with Crippen LogP contribution in [0.25, 0.3) is 16.9 Å². The third-order valence-corrected chi connectivity index (χ3v) is 5.95. The van der Waals surface area contributed by atoms with Gasteiger partial charge in [0.25, 0.3) is 5.56 Å². The van der Waals surface area contributed by atoms with Gasteiger partial charge in [-0.1, -0.05) is 37.1 Å². The highest BCUT2D eigenvalue weighted by atomic mass is 19.1. The van der Waals surface area contributed by atoms with Crippen molar-refractivity contribution in [3.05, 3.63) is 87.6 Å². The summed E-state index contributed by atoms with van der Waals surface area (Å²) < 4.78 is 24.1. The van der Waals surface area contributed by atoms with Crippen LogP contribution in [0.15, 0.2) is 70.5 Å². The van der Waals surface area contributed by atoms with Gasteiger partial charge in [-0.25, -0.2) is 18.7 Å². The lowest BCUT2D eigenvalue weighted by Gasteiger charge is -2.17. The lowest BCUT2D eigenvalue weighted by atomic mass is 10.2. The van der Waals surface area contributed by atoms with Crippen LogP contribution >= 0.6 is 0 Å². The number of fused-ring (bicyclic) bond motifs is 1. The summed E-state index contributed by atoms with van der Waals surface area (Å²) in [6, 6.07) is 15.0. The number of hydrogen-bond donors (Lipinski definition) is 0. The minimum atomic E-state index is -0.481. The standard InChI is InChI=1S/C24H23FN4O3/c25-17-7-6-10-19(15-17)28-22-21(23(30)29(24(28)31)18-8-4-5-9-18)27(16-26-22)13-14-32-20-11-2-1-3-12-20/h1-3,6-7,10-12,15-16,18H,4-5,8-9,13-14H2. The Morgan fingerprint density at radius 1 is 1.03 bits per heavy atom. The molecule has 0 atom stereocenters. The van der Waals surface area contributed by atoms with Gasteiger partial charge in [0.2, 0.25) is 0 Å². The van der Waals surface area contributed by atoms with Crippen LogP contribution in [0.5, 0.6) is 5.75 Å². The molecule has 1 aliphatic carbocycles. The van der Waals surface area contributed by atoms with Gasteiger partial charge in [-0.3, -0.25) is 9.36 Å². The minimum absolute atomic E-state index is 0.164. The molecule has 2 aromatic heterocycles. The second kappa shape index (κ2) is 8.45. The molecule has 4 aromatic rings. The lowest BCUT2D eigenvalue weighted by Crippen LogP contribution is -2.42. The molecule has 7 nitrogen and oxygen atoms in total. The van der Waals surface area contributed by atoms with E-state index in [0.717, 1.165) is 31.4 Å². The number of imidazole rings is 1. The van der Waals surface area contributed by atoms with Crippen molar-refractivity contribution in [1.82, 2.24) is 18.7 Å². The highest BCUT2D eigenvalue weighted by Gasteiger charge is 2.26. The molecule has 5 rings (SSSR count). The van der Waals surface area contributed by atoms with Crippen molar-refractivity contribution in [2.75, 3.05) is 6.61 Å². The Bertz CT molecular complexity index is 1370. The Hall–Kier alpha value is -3.68. The highest BCUT2D eigenvalue weighted by Crippen LogP contribution is 2.28. The molecule has 0 saturated heterocycles. The molecule has 2 aromatic carbocycles. The Kier molecular flexibility index (Phi) is 5.34. The number of aromatic nitrogens is 4. The first kappa shape index (κ1) is 20.2. The topological polar surface area (TPSA) is 71.1 Å². The SMILES string of the molecule is O=c1c2c(ncn2CCOc2ccccc2)n(-c2cccc(F)c2)c(=O)n1C1CCCC1. The van der Waals surface area contributed by atoms with E-state index in [2.05, 4.69) is 4.98 Å². The molecule has 164 valence electrons. The van der Waals surface area contributed by atoms with E-state index in [4.69, 9.17) is 4.74 Å². The van der Waals surface area contributed by atoms with Crippen molar-refractivity contribution in [3.63, 3.8) is 0 Å². The van der Waals surface area contributed by atoms with Crippen LogP contribution in [0.1, 0.15) is 31.7 Å². The van der Waals surface area contributed by atoms with E-state index in [1.54, 1.807) is 16.7 Å². The van der Waals surface area contributed by atoms with Gasteiger partial charge < -0.3 is 9.30 Å². The summed E-state index contributed by atoms with van der Waals surface area (Å²) >= 11 is 0. The van der Waals surface area contributed by atoms with Crippen molar-refractivity contribution in [2.45, 2.75) is 38.3 Å². The molecule has 0 N–H and O–H groups in total. The Balaban J connectivity index is 1.62. The van der Waals surface area contributed by atoms with E-state index in [9.17, 15) is 14.0 Å². The van der Waals surface area contributed by atoms with Crippen LogP contribution in [0.3, 0.4) is 0 Å². The summed E-state index contributed by atoms with van der Waals surface area (Å²) in [5.74, 6) is 0.272. The predicted octanol–water partition coefficient (Wildman–Crippen LogP) is 3.68. The van der Waals surface area contributed by atoms with Gasteiger partial charge in [-0.05, 0) is 43.2 Å². The monoisotopic (exact) mass is 434 g/mol. The number of halogens is 1.